The zero-order chi connectivity index (χ0) is 10.9. The fraction of sp³-hybridized carbons (Fsp3) is 0.750. The van der Waals surface area contributed by atoms with Gasteiger partial charge in [-0.1, -0.05) is 25.4 Å². The van der Waals surface area contributed by atoms with Gasteiger partial charge < -0.3 is 9.26 Å². The molecular weight excluding hydrogens is 190 g/mol. The molecule has 0 atom stereocenters. The third-order valence-electron chi connectivity index (χ3n) is 2.19. The molecule has 86 valence electrons. The number of hydrogen-bond acceptors (Lipinski definition) is 3. The lowest BCUT2D eigenvalue weighted by molar-refractivity contribution is 0.106. The summed E-state index contributed by atoms with van der Waals surface area (Å²) in [5, 5.41) is 3.67. The van der Waals surface area contributed by atoms with Gasteiger partial charge in [0.2, 0.25) is 0 Å². The van der Waals surface area contributed by atoms with Crippen molar-refractivity contribution in [2.45, 2.75) is 39.5 Å². The van der Waals surface area contributed by atoms with Crippen molar-refractivity contribution in [1.29, 1.82) is 0 Å². The Balaban J connectivity index is 1.85. The van der Waals surface area contributed by atoms with Crippen LogP contribution in [0.25, 0.3) is 0 Å². The molecule has 0 fully saturated rings. The molecule has 0 saturated heterocycles. The topological polar surface area (TPSA) is 35.3 Å². The smallest absolute Gasteiger partial charge is 0.126 e. The minimum Gasteiger partial charge on any atom is -0.381 e. The molecule has 1 aromatic heterocycles. The summed E-state index contributed by atoms with van der Waals surface area (Å²) in [5.74, 6) is 0.641. The van der Waals surface area contributed by atoms with Crippen LogP contribution in [0, 0.1) is 5.92 Å². The Hall–Kier alpha value is -0.830. The van der Waals surface area contributed by atoms with Crippen LogP contribution in [-0.2, 0) is 11.2 Å². The maximum Gasteiger partial charge on any atom is 0.126 e. The van der Waals surface area contributed by atoms with Gasteiger partial charge in [-0.05, 0) is 25.2 Å². The molecule has 0 saturated carbocycles. The van der Waals surface area contributed by atoms with Crippen LogP contribution in [0.1, 0.15) is 38.7 Å². The summed E-state index contributed by atoms with van der Waals surface area (Å²) in [6.07, 6.45) is 8.12. The normalized spacial score (nSPS) is 11.1. The van der Waals surface area contributed by atoms with Gasteiger partial charge in [-0.2, -0.15) is 0 Å². The molecule has 0 aromatic carbocycles. The van der Waals surface area contributed by atoms with Crippen LogP contribution in [0.4, 0.5) is 0 Å². The third-order valence-corrected chi connectivity index (χ3v) is 2.19. The minimum absolute atomic E-state index is 0.641. The highest BCUT2D eigenvalue weighted by Gasteiger charge is 1.96. The van der Waals surface area contributed by atoms with Crippen LogP contribution in [0.3, 0.4) is 0 Å². The molecular formula is C12H21NO2. The summed E-state index contributed by atoms with van der Waals surface area (Å²) in [7, 11) is 0. The zero-order valence-electron chi connectivity index (χ0n) is 9.74. The zero-order valence-corrected chi connectivity index (χ0v) is 9.74. The maximum absolute atomic E-state index is 5.50. The van der Waals surface area contributed by atoms with E-state index >= 15 is 0 Å². The highest BCUT2D eigenvalue weighted by molar-refractivity contribution is 4.99. The second-order valence-corrected chi connectivity index (χ2v) is 4.31. The Bertz CT molecular complexity index is 232. The summed E-state index contributed by atoms with van der Waals surface area (Å²) in [6.45, 7) is 6.12. The van der Waals surface area contributed by atoms with Gasteiger partial charge in [-0.15, -0.1) is 0 Å². The first-order valence-corrected chi connectivity index (χ1v) is 5.75. The first-order chi connectivity index (χ1) is 7.29. The van der Waals surface area contributed by atoms with Crippen molar-refractivity contribution in [2.75, 3.05) is 13.2 Å². The molecule has 0 spiro atoms. The molecule has 0 unspecified atom stereocenters. The fourth-order valence-corrected chi connectivity index (χ4v) is 1.38. The summed E-state index contributed by atoms with van der Waals surface area (Å²) in [6, 6.07) is 0. The first-order valence-electron chi connectivity index (χ1n) is 5.75. The van der Waals surface area contributed by atoms with E-state index in [2.05, 4.69) is 19.0 Å². The SMILES string of the molecule is CC(C)COCCCCCc1cnoc1. The quantitative estimate of drug-likeness (QED) is 0.620. The Morgan fingerprint density at radius 2 is 2.20 bits per heavy atom. The standard InChI is InChI=1S/C12H21NO2/c1-11(2)9-14-7-5-3-4-6-12-8-13-15-10-12/h8,10-11H,3-7,9H2,1-2H3. The number of unbranched alkanes of at least 4 members (excludes halogenated alkanes) is 2. The largest absolute Gasteiger partial charge is 0.381 e. The number of nitrogens with zero attached hydrogens (tertiary/aromatic N) is 1. The highest BCUT2D eigenvalue weighted by Crippen LogP contribution is 2.05. The van der Waals surface area contributed by atoms with E-state index in [0.29, 0.717) is 5.92 Å². The van der Waals surface area contributed by atoms with Gasteiger partial charge in [-0.3, -0.25) is 0 Å². The van der Waals surface area contributed by atoms with E-state index < -0.39 is 0 Å². The number of hydrogen-bond donors (Lipinski definition) is 0. The molecule has 0 aliphatic carbocycles. The van der Waals surface area contributed by atoms with E-state index in [1.54, 1.807) is 12.5 Å². The van der Waals surface area contributed by atoms with E-state index in [0.717, 1.165) is 26.1 Å². The van der Waals surface area contributed by atoms with Gasteiger partial charge >= 0.3 is 0 Å². The predicted octanol–water partition coefficient (Wildman–Crippen LogP) is 3.06. The monoisotopic (exact) mass is 211 g/mol. The van der Waals surface area contributed by atoms with Crippen molar-refractivity contribution in [2.24, 2.45) is 5.92 Å². The van der Waals surface area contributed by atoms with Crippen molar-refractivity contribution < 1.29 is 9.26 Å². The average molecular weight is 211 g/mol. The second kappa shape index (κ2) is 7.46. The Labute approximate surface area is 91.8 Å². The maximum atomic E-state index is 5.50. The molecule has 3 nitrogen and oxygen atoms in total. The van der Waals surface area contributed by atoms with Gasteiger partial charge in [0.1, 0.15) is 6.26 Å². The summed E-state index contributed by atoms with van der Waals surface area (Å²) < 4.78 is 10.3. The van der Waals surface area contributed by atoms with Crippen LogP contribution < -0.4 is 0 Å². The minimum atomic E-state index is 0.641. The second-order valence-electron chi connectivity index (χ2n) is 4.31. The first kappa shape index (κ1) is 12.2. The van der Waals surface area contributed by atoms with Crippen LogP contribution >= 0.6 is 0 Å². The van der Waals surface area contributed by atoms with E-state index in [1.165, 1.54) is 18.4 Å². The molecule has 3 heteroatoms. The lowest BCUT2D eigenvalue weighted by atomic mass is 10.1. The molecule has 1 rings (SSSR count). The summed E-state index contributed by atoms with van der Waals surface area (Å²) in [5.41, 5.74) is 1.19. The molecule has 0 bridgehead atoms. The average Bonchev–Trinajstić information content (AvgIpc) is 2.68. The third kappa shape index (κ3) is 6.28. The van der Waals surface area contributed by atoms with Gasteiger partial charge in [0, 0.05) is 18.8 Å². The number of ether oxygens (including phenoxy) is 1. The molecule has 15 heavy (non-hydrogen) atoms. The van der Waals surface area contributed by atoms with Crippen molar-refractivity contribution >= 4 is 0 Å². The van der Waals surface area contributed by atoms with Crippen LogP contribution in [0.2, 0.25) is 0 Å². The van der Waals surface area contributed by atoms with Crippen molar-refractivity contribution in [3.8, 4) is 0 Å². The Morgan fingerprint density at radius 1 is 1.33 bits per heavy atom. The van der Waals surface area contributed by atoms with Crippen molar-refractivity contribution in [1.82, 2.24) is 5.16 Å². The molecule has 1 aromatic rings. The van der Waals surface area contributed by atoms with E-state index in [1.807, 2.05) is 0 Å². The Kier molecular flexibility index (Phi) is 6.09. The van der Waals surface area contributed by atoms with Crippen LogP contribution in [-0.4, -0.2) is 18.4 Å². The molecule has 0 aliphatic heterocycles. The van der Waals surface area contributed by atoms with Crippen molar-refractivity contribution in [3.63, 3.8) is 0 Å². The fourth-order valence-electron chi connectivity index (χ4n) is 1.38. The van der Waals surface area contributed by atoms with Gasteiger partial charge in [0.25, 0.3) is 0 Å². The van der Waals surface area contributed by atoms with Gasteiger partial charge in [-0.25, -0.2) is 0 Å². The van der Waals surface area contributed by atoms with Crippen LogP contribution in [0.5, 0.6) is 0 Å². The predicted molar refractivity (Wildman–Crippen MR) is 59.7 cm³/mol. The van der Waals surface area contributed by atoms with Gasteiger partial charge in [0.15, 0.2) is 0 Å². The van der Waals surface area contributed by atoms with E-state index in [4.69, 9.17) is 9.26 Å². The summed E-state index contributed by atoms with van der Waals surface area (Å²) in [4.78, 5) is 0. The number of rotatable bonds is 8. The Morgan fingerprint density at radius 3 is 2.87 bits per heavy atom. The summed E-state index contributed by atoms with van der Waals surface area (Å²) >= 11 is 0. The van der Waals surface area contributed by atoms with E-state index in [-0.39, 0.29) is 0 Å². The molecule has 0 amide bonds. The van der Waals surface area contributed by atoms with Gasteiger partial charge in [0.05, 0.1) is 6.20 Å². The number of aryl methyl sites for hydroxylation is 1. The highest BCUT2D eigenvalue weighted by atomic mass is 16.5. The molecule has 0 N–H and O–H groups in total. The lowest BCUT2D eigenvalue weighted by Crippen LogP contribution is -2.03. The number of aromatic nitrogens is 1. The van der Waals surface area contributed by atoms with Crippen molar-refractivity contribution in [3.05, 3.63) is 18.0 Å². The van der Waals surface area contributed by atoms with Crippen LogP contribution in [0.15, 0.2) is 17.0 Å². The molecule has 0 aliphatic rings. The van der Waals surface area contributed by atoms with E-state index in [9.17, 15) is 0 Å². The lowest BCUT2D eigenvalue weighted by Gasteiger charge is -2.05. The molecule has 1 heterocycles. The molecule has 0 radical (unpaired) electrons.